The lowest BCUT2D eigenvalue weighted by molar-refractivity contribution is 0.395. The van der Waals surface area contributed by atoms with Crippen molar-refractivity contribution >= 4 is 5.69 Å². The quantitative estimate of drug-likeness (QED) is 0.880. The van der Waals surface area contributed by atoms with Gasteiger partial charge in [-0.3, -0.25) is 4.98 Å². The van der Waals surface area contributed by atoms with Crippen LogP contribution in [0, 0.1) is 18.6 Å². The average molecular weight is 250 g/mol. The molecule has 0 amide bonds. The zero-order valence-electron chi connectivity index (χ0n) is 9.74. The van der Waals surface area contributed by atoms with Crippen LogP contribution in [-0.2, 0) is 6.54 Å². The third-order valence-corrected chi connectivity index (χ3v) is 2.57. The van der Waals surface area contributed by atoms with Crippen LogP contribution in [0.3, 0.4) is 0 Å². The predicted octanol–water partition coefficient (Wildman–Crippen LogP) is 2.99. The summed E-state index contributed by atoms with van der Waals surface area (Å²) in [6.45, 7) is 2.08. The molecule has 1 heterocycles. The lowest BCUT2D eigenvalue weighted by Crippen LogP contribution is -2.03. The number of phenols is 1. The van der Waals surface area contributed by atoms with Gasteiger partial charge in [-0.1, -0.05) is 0 Å². The molecule has 2 aromatic rings. The van der Waals surface area contributed by atoms with E-state index in [-0.39, 0.29) is 6.54 Å². The molecule has 1 aromatic carbocycles. The normalized spacial score (nSPS) is 10.4. The Kier molecular flexibility index (Phi) is 3.41. The van der Waals surface area contributed by atoms with Gasteiger partial charge in [0.05, 0.1) is 11.4 Å². The van der Waals surface area contributed by atoms with E-state index in [1.807, 2.05) is 13.0 Å². The molecule has 0 radical (unpaired) electrons. The molecule has 0 aliphatic carbocycles. The Bertz CT molecular complexity index is 550. The Morgan fingerprint density at radius 2 is 1.94 bits per heavy atom. The smallest absolute Gasteiger partial charge is 0.187 e. The highest BCUT2D eigenvalue weighted by molar-refractivity contribution is 5.47. The number of aromatic hydroxyl groups is 1. The van der Waals surface area contributed by atoms with E-state index in [2.05, 4.69) is 10.3 Å². The highest BCUT2D eigenvalue weighted by Crippen LogP contribution is 2.22. The summed E-state index contributed by atoms with van der Waals surface area (Å²) in [6, 6.07) is 5.79. The standard InChI is InChI=1S/C13H12F2N2O/c1-8-12(3-2-4-16-8)17-7-9-5-10(14)13(18)11(15)6-9/h2-6,17-18H,7H2,1H3. The van der Waals surface area contributed by atoms with Crippen LogP contribution in [0.2, 0.25) is 0 Å². The summed E-state index contributed by atoms with van der Waals surface area (Å²) in [6.07, 6.45) is 1.67. The molecule has 2 rings (SSSR count). The number of nitrogens with one attached hydrogen (secondary N) is 1. The van der Waals surface area contributed by atoms with Crippen LogP contribution in [0.4, 0.5) is 14.5 Å². The van der Waals surface area contributed by atoms with Crippen molar-refractivity contribution in [3.63, 3.8) is 0 Å². The fraction of sp³-hybridized carbons (Fsp3) is 0.154. The first-order chi connectivity index (χ1) is 8.58. The second kappa shape index (κ2) is 5.00. The largest absolute Gasteiger partial charge is 0.503 e. The first kappa shape index (κ1) is 12.3. The Morgan fingerprint density at radius 1 is 1.28 bits per heavy atom. The lowest BCUT2D eigenvalue weighted by Gasteiger charge is -2.09. The minimum atomic E-state index is -0.963. The Morgan fingerprint density at radius 3 is 2.56 bits per heavy atom. The molecule has 3 nitrogen and oxygen atoms in total. The van der Waals surface area contributed by atoms with Crippen LogP contribution in [0.15, 0.2) is 30.5 Å². The first-order valence-electron chi connectivity index (χ1n) is 5.40. The topological polar surface area (TPSA) is 45.2 Å². The Balaban J connectivity index is 2.14. The Hall–Kier alpha value is -2.17. The van der Waals surface area contributed by atoms with Crippen molar-refractivity contribution < 1.29 is 13.9 Å². The zero-order chi connectivity index (χ0) is 13.1. The molecule has 18 heavy (non-hydrogen) atoms. The van der Waals surface area contributed by atoms with E-state index in [1.165, 1.54) is 0 Å². The number of aryl methyl sites for hydroxylation is 1. The molecule has 0 bridgehead atoms. The highest BCUT2D eigenvalue weighted by Gasteiger charge is 2.09. The van der Waals surface area contributed by atoms with Gasteiger partial charge in [-0.2, -0.15) is 0 Å². The van der Waals surface area contributed by atoms with Crippen molar-refractivity contribution in [2.75, 3.05) is 5.32 Å². The fourth-order valence-corrected chi connectivity index (χ4v) is 1.59. The first-order valence-corrected chi connectivity index (χ1v) is 5.40. The van der Waals surface area contributed by atoms with Crippen molar-refractivity contribution in [1.82, 2.24) is 4.98 Å². The molecule has 1 aromatic heterocycles. The van der Waals surface area contributed by atoms with E-state index in [1.54, 1.807) is 12.3 Å². The van der Waals surface area contributed by atoms with Gasteiger partial charge in [0.1, 0.15) is 0 Å². The molecular weight excluding hydrogens is 238 g/mol. The molecule has 0 atom stereocenters. The molecule has 0 aliphatic rings. The zero-order valence-corrected chi connectivity index (χ0v) is 9.74. The van der Waals surface area contributed by atoms with E-state index in [4.69, 9.17) is 5.11 Å². The van der Waals surface area contributed by atoms with Crippen molar-refractivity contribution in [2.24, 2.45) is 0 Å². The van der Waals surface area contributed by atoms with Crippen molar-refractivity contribution in [1.29, 1.82) is 0 Å². The number of pyridine rings is 1. The van der Waals surface area contributed by atoms with Gasteiger partial charge in [0.25, 0.3) is 0 Å². The summed E-state index contributed by atoms with van der Waals surface area (Å²) in [5, 5.41) is 12.0. The van der Waals surface area contributed by atoms with Crippen molar-refractivity contribution in [3.05, 3.63) is 53.4 Å². The molecule has 0 spiro atoms. The van der Waals surface area contributed by atoms with Crippen LogP contribution in [-0.4, -0.2) is 10.1 Å². The van der Waals surface area contributed by atoms with E-state index in [9.17, 15) is 8.78 Å². The maximum Gasteiger partial charge on any atom is 0.187 e. The highest BCUT2D eigenvalue weighted by atomic mass is 19.1. The van der Waals surface area contributed by atoms with Gasteiger partial charge in [0.2, 0.25) is 0 Å². The van der Waals surface area contributed by atoms with Gasteiger partial charge in [0, 0.05) is 12.7 Å². The monoisotopic (exact) mass is 250 g/mol. The number of hydrogen-bond acceptors (Lipinski definition) is 3. The number of phenolic OH excluding ortho intramolecular Hbond substituents is 1. The van der Waals surface area contributed by atoms with Crippen LogP contribution in [0.25, 0.3) is 0 Å². The van der Waals surface area contributed by atoms with Gasteiger partial charge in [-0.05, 0) is 36.8 Å². The second-order valence-electron chi connectivity index (χ2n) is 3.90. The number of aromatic nitrogens is 1. The molecule has 5 heteroatoms. The summed E-state index contributed by atoms with van der Waals surface area (Å²) < 4.78 is 26.2. The minimum absolute atomic E-state index is 0.251. The van der Waals surface area contributed by atoms with Gasteiger partial charge in [-0.25, -0.2) is 8.78 Å². The van der Waals surface area contributed by atoms with Crippen LogP contribution in [0.1, 0.15) is 11.3 Å². The van der Waals surface area contributed by atoms with E-state index in [0.29, 0.717) is 5.56 Å². The second-order valence-corrected chi connectivity index (χ2v) is 3.90. The fourth-order valence-electron chi connectivity index (χ4n) is 1.59. The van der Waals surface area contributed by atoms with Crippen molar-refractivity contribution in [3.8, 4) is 5.75 Å². The average Bonchev–Trinajstić information content (AvgIpc) is 2.35. The number of halogens is 2. The number of benzene rings is 1. The van der Waals surface area contributed by atoms with Gasteiger partial charge < -0.3 is 10.4 Å². The Labute approximate surface area is 103 Å². The molecule has 0 aliphatic heterocycles. The molecule has 0 unspecified atom stereocenters. The van der Waals surface area contributed by atoms with E-state index < -0.39 is 17.4 Å². The third-order valence-electron chi connectivity index (χ3n) is 2.57. The van der Waals surface area contributed by atoms with Crippen LogP contribution < -0.4 is 5.32 Å². The van der Waals surface area contributed by atoms with Gasteiger partial charge >= 0.3 is 0 Å². The van der Waals surface area contributed by atoms with Crippen LogP contribution >= 0.6 is 0 Å². The summed E-state index contributed by atoms with van der Waals surface area (Å²) in [4.78, 5) is 4.09. The van der Waals surface area contributed by atoms with E-state index in [0.717, 1.165) is 23.5 Å². The molecule has 0 saturated carbocycles. The summed E-state index contributed by atoms with van der Waals surface area (Å²) in [5.41, 5.74) is 2.01. The molecule has 0 saturated heterocycles. The summed E-state index contributed by atoms with van der Waals surface area (Å²) >= 11 is 0. The SMILES string of the molecule is Cc1ncccc1NCc1cc(F)c(O)c(F)c1. The number of anilines is 1. The minimum Gasteiger partial charge on any atom is -0.503 e. The number of nitrogens with zero attached hydrogens (tertiary/aromatic N) is 1. The maximum absolute atomic E-state index is 13.1. The summed E-state index contributed by atoms with van der Waals surface area (Å²) in [7, 11) is 0. The van der Waals surface area contributed by atoms with Gasteiger partial charge in [-0.15, -0.1) is 0 Å². The molecular formula is C13H12F2N2O. The number of rotatable bonds is 3. The molecule has 2 N–H and O–H groups in total. The van der Waals surface area contributed by atoms with E-state index >= 15 is 0 Å². The predicted molar refractivity (Wildman–Crippen MR) is 64.3 cm³/mol. The van der Waals surface area contributed by atoms with Crippen LogP contribution in [0.5, 0.6) is 5.75 Å². The molecule has 0 fully saturated rings. The molecule has 94 valence electrons. The third kappa shape index (κ3) is 2.56. The summed E-state index contributed by atoms with van der Waals surface area (Å²) in [5.74, 6) is -2.87. The number of hydrogen-bond donors (Lipinski definition) is 2. The van der Waals surface area contributed by atoms with Gasteiger partial charge in [0.15, 0.2) is 17.4 Å². The maximum atomic E-state index is 13.1. The van der Waals surface area contributed by atoms with Crippen molar-refractivity contribution in [2.45, 2.75) is 13.5 Å². The lowest BCUT2D eigenvalue weighted by atomic mass is 10.2.